The first-order valence-corrected chi connectivity index (χ1v) is 14.9. The summed E-state index contributed by atoms with van der Waals surface area (Å²) in [5.41, 5.74) is 6.67. The summed E-state index contributed by atoms with van der Waals surface area (Å²) in [4.78, 5) is 11.8. The van der Waals surface area contributed by atoms with Crippen molar-refractivity contribution in [1.29, 1.82) is 0 Å². The van der Waals surface area contributed by atoms with Crippen molar-refractivity contribution >= 4 is 17.1 Å². The Balaban J connectivity index is 1.64. The van der Waals surface area contributed by atoms with E-state index >= 15 is 0 Å². The van der Waals surface area contributed by atoms with Crippen LogP contribution in [0, 0.1) is 10.1 Å². The molecule has 4 aromatic carbocycles. The zero-order valence-corrected chi connectivity index (χ0v) is 23.1. The van der Waals surface area contributed by atoms with Crippen LogP contribution in [-0.4, -0.2) is 4.92 Å². The number of para-hydroxylation sites is 3. The number of nitro groups is 1. The van der Waals surface area contributed by atoms with E-state index in [1.54, 1.807) is 12.1 Å². The summed E-state index contributed by atoms with van der Waals surface area (Å²) in [5, 5.41) is 15.9. The molecule has 4 aromatic rings. The minimum atomic E-state index is -0.272. The van der Waals surface area contributed by atoms with E-state index < -0.39 is 0 Å². The van der Waals surface area contributed by atoms with Gasteiger partial charge < -0.3 is 5.32 Å². The zero-order chi connectivity index (χ0) is 27.4. The summed E-state index contributed by atoms with van der Waals surface area (Å²) in [5.74, 6) is 0. The largest absolute Gasteiger partial charge is 0.349 e. The summed E-state index contributed by atoms with van der Waals surface area (Å²) < 4.78 is 0. The first kappa shape index (κ1) is 26.3. The maximum Gasteiger partial charge on any atom is 0.292 e. The number of nitrogens with one attached hydrogen (secondary N) is 1. The van der Waals surface area contributed by atoms with Crippen LogP contribution >= 0.6 is 0 Å². The lowest BCUT2D eigenvalue weighted by Gasteiger charge is -2.44. The molecule has 2 aliphatic carbocycles. The van der Waals surface area contributed by atoms with E-state index in [1.165, 1.54) is 60.8 Å². The molecule has 0 spiro atoms. The highest BCUT2D eigenvalue weighted by Gasteiger charge is 2.42. The standard InChI is InChI=1S/C36H38N2O2/c39-38(40)33-23-10-9-22-32(33)37-34-30(35(24-11-3-12-25-35)28-16-5-1-6-17-28)20-15-21-31(34)36(26-13-4-14-27-36)29-18-7-2-8-19-29/h1-2,5-10,15-23,37H,3-4,11-14,24-27H2. The van der Waals surface area contributed by atoms with Crippen molar-refractivity contribution in [2.45, 2.75) is 75.0 Å². The van der Waals surface area contributed by atoms with Gasteiger partial charge in [-0.15, -0.1) is 0 Å². The molecule has 2 saturated carbocycles. The third-order valence-corrected chi connectivity index (χ3v) is 9.52. The van der Waals surface area contributed by atoms with E-state index in [0.29, 0.717) is 5.69 Å². The molecule has 0 radical (unpaired) electrons. The minimum Gasteiger partial charge on any atom is -0.349 e. The Morgan fingerprint density at radius 1 is 0.550 bits per heavy atom. The molecule has 4 nitrogen and oxygen atoms in total. The van der Waals surface area contributed by atoms with Gasteiger partial charge in [-0.2, -0.15) is 0 Å². The van der Waals surface area contributed by atoms with Crippen LogP contribution in [0.5, 0.6) is 0 Å². The van der Waals surface area contributed by atoms with Crippen LogP contribution in [0.15, 0.2) is 103 Å². The van der Waals surface area contributed by atoms with Gasteiger partial charge in [0.1, 0.15) is 5.69 Å². The molecule has 0 aromatic heterocycles. The van der Waals surface area contributed by atoms with Gasteiger partial charge in [-0.1, -0.05) is 130 Å². The van der Waals surface area contributed by atoms with Crippen LogP contribution < -0.4 is 5.32 Å². The fourth-order valence-corrected chi connectivity index (χ4v) is 7.61. The molecule has 2 aliphatic rings. The molecule has 40 heavy (non-hydrogen) atoms. The molecule has 4 heteroatoms. The van der Waals surface area contributed by atoms with Gasteiger partial charge in [0.15, 0.2) is 0 Å². The van der Waals surface area contributed by atoms with Gasteiger partial charge in [-0.05, 0) is 54.0 Å². The highest BCUT2D eigenvalue weighted by molar-refractivity contribution is 5.77. The Kier molecular flexibility index (Phi) is 7.42. The molecule has 0 amide bonds. The van der Waals surface area contributed by atoms with Gasteiger partial charge in [-0.3, -0.25) is 10.1 Å². The average molecular weight is 531 g/mol. The summed E-state index contributed by atoms with van der Waals surface area (Å²) in [6.45, 7) is 0. The summed E-state index contributed by atoms with van der Waals surface area (Å²) in [7, 11) is 0. The molecule has 0 saturated heterocycles. The molecular formula is C36H38N2O2. The maximum atomic E-state index is 12.1. The Morgan fingerprint density at radius 2 is 1.00 bits per heavy atom. The van der Waals surface area contributed by atoms with Gasteiger partial charge in [0.25, 0.3) is 5.69 Å². The highest BCUT2D eigenvalue weighted by atomic mass is 16.6. The van der Waals surface area contributed by atoms with Crippen molar-refractivity contribution < 1.29 is 4.92 Å². The van der Waals surface area contributed by atoms with Crippen molar-refractivity contribution in [2.75, 3.05) is 5.32 Å². The van der Waals surface area contributed by atoms with E-state index in [4.69, 9.17) is 0 Å². The van der Waals surface area contributed by atoms with E-state index in [1.807, 2.05) is 12.1 Å². The predicted octanol–water partition coefficient (Wildman–Crippen LogP) is 9.84. The monoisotopic (exact) mass is 530 g/mol. The van der Waals surface area contributed by atoms with Crippen LogP contribution in [-0.2, 0) is 10.8 Å². The number of anilines is 2. The van der Waals surface area contributed by atoms with Gasteiger partial charge >= 0.3 is 0 Å². The average Bonchev–Trinajstić information content (AvgIpc) is 3.03. The molecule has 0 bridgehead atoms. The van der Waals surface area contributed by atoms with Gasteiger partial charge in [-0.25, -0.2) is 0 Å². The topological polar surface area (TPSA) is 55.2 Å². The number of benzene rings is 4. The Morgan fingerprint density at radius 3 is 1.48 bits per heavy atom. The Bertz CT molecular complexity index is 1370. The molecule has 1 N–H and O–H groups in total. The fraction of sp³-hybridized carbons (Fsp3) is 0.333. The highest BCUT2D eigenvalue weighted by Crippen LogP contribution is 2.54. The Hall–Kier alpha value is -3.92. The van der Waals surface area contributed by atoms with Gasteiger partial charge in [0.05, 0.1) is 4.92 Å². The van der Waals surface area contributed by atoms with E-state index in [0.717, 1.165) is 31.4 Å². The Labute approximate surface area is 237 Å². The van der Waals surface area contributed by atoms with Gasteiger partial charge in [0.2, 0.25) is 0 Å². The van der Waals surface area contributed by atoms with Crippen LogP contribution in [0.3, 0.4) is 0 Å². The van der Waals surface area contributed by atoms with Crippen molar-refractivity contribution in [2.24, 2.45) is 0 Å². The quantitative estimate of drug-likeness (QED) is 0.191. The van der Waals surface area contributed by atoms with Crippen LogP contribution in [0.1, 0.15) is 86.5 Å². The third-order valence-electron chi connectivity index (χ3n) is 9.52. The normalized spacial score (nSPS) is 18.1. The van der Waals surface area contributed by atoms with Crippen LogP contribution in [0.2, 0.25) is 0 Å². The van der Waals surface area contributed by atoms with Gasteiger partial charge in [0, 0.05) is 22.6 Å². The second kappa shape index (κ2) is 11.3. The van der Waals surface area contributed by atoms with Crippen molar-refractivity contribution in [1.82, 2.24) is 0 Å². The fourth-order valence-electron chi connectivity index (χ4n) is 7.61. The SMILES string of the molecule is O=[N+]([O-])c1ccccc1Nc1c(C2(c3ccccc3)CCCCC2)cccc1C1(c2ccccc2)CCCCC1. The summed E-state index contributed by atoms with van der Waals surface area (Å²) >= 11 is 0. The molecule has 0 unspecified atom stereocenters. The lowest BCUT2D eigenvalue weighted by molar-refractivity contribution is -0.383. The zero-order valence-electron chi connectivity index (χ0n) is 23.1. The van der Waals surface area contributed by atoms with Crippen molar-refractivity contribution in [3.8, 4) is 0 Å². The first-order valence-electron chi connectivity index (χ1n) is 14.9. The second-order valence-electron chi connectivity index (χ2n) is 11.6. The lowest BCUT2D eigenvalue weighted by Crippen LogP contribution is -2.35. The molecule has 0 atom stereocenters. The number of rotatable bonds is 7. The summed E-state index contributed by atoms with van der Waals surface area (Å²) in [6.07, 6.45) is 11.5. The van der Waals surface area contributed by atoms with E-state index in [-0.39, 0.29) is 21.4 Å². The number of nitro benzene ring substituents is 1. The number of hydrogen-bond donors (Lipinski definition) is 1. The summed E-state index contributed by atoms with van der Waals surface area (Å²) in [6, 6.07) is 35.8. The van der Waals surface area contributed by atoms with Crippen LogP contribution in [0.25, 0.3) is 0 Å². The van der Waals surface area contributed by atoms with E-state index in [2.05, 4.69) is 84.2 Å². The molecular weight excluding hydrogens is 492 g/mol. The third kappa shape index (κ3) is 4.70. The van der Waals surface area contributed by atoms with Crippen molar-refractivity contribution in [3.05, 3.63) is 135 Å². The lowest BCUT2D eigenvalue weighted by atomic mass is 9.61. The maximum absolute atomic E-state index is 12.1. The molecule has 0 heterocycles. The molecule has 6 rings (SSSR count). The number of hydrogen-bond acceptors (Lipinski definition) is 3. The minimum absolute atomic E-state index is 0.109. The predicted molar refractivity (Wildman–Crippen MR) is 163 cm³/mol. The smallest absolute Gasteiger partial charge is 0.292 e. The molecule has 2 fully saturated rings. The van der Waals surface area contributed by atoms with Crippen molar-refractivity contribution in [3.63, 3.8) is 0 Å². The molecule has 204 valence electrons. The number of nitrogens with zero attached hydrogens (tertiary/aromatic N) is 1. The molecule has 0 aliphatic heterocycles. The van der Waals surface area contributed by atoms with E-state index in [9.17, 15) is 10.1 Å². The second-order valence-corrected chi connectivity index (χ2v) is 11.6. The first-order chi connectivity index (χ1) is 19.6. The van der Waals surface area contributed by atoms with Crippen LogP contribution in [0.4, 0.5) is 17.1 Å².